The van der Waals surface area contributed by atoms with Gasteiger partial charge in [0.1, 0.15) is 0 Å². The van der Waals surface area contributed by atoms with E-state index in [0.717, 1.165) is 12.5 Å². The maximum atomic E-state index is 11.8. The van der Waals surface area contributed by atoms with Gasteiger partial charge in [-0.25, -0.2) is 0 Å². The van der Waals surface area contributed by atoms with E-state index in [1.807, 2.05) is 16.3 Å². The highest BCUT2D eigenvalue weighted by atomic mass is 32.1. The normalized spacial score (nSPS) is 13.9. The molecule has 0 saturated heterocycles. The van der Waals surface area contributed by atoms with Gasteiger partial charge in [0.05, 0.1) is 23.3 Å². The Morgan fingerprint density at radius 1 is 1.43 bits per heavy atom. The topological polar surface area (TPSA) is 76.0 Å². The predicted molar refractivity (Wildman–Crippen MR) is 80.2 cm³/mol. The summed E-state index contributed by atoms with van der Waals surface area (Å²) in [4.78, 5) is 24.1. The molecule has 0 unspecified atom stereocenters. The van der Waals surface area contributed by atoms with Gasteiger partial charge >= 0.3 is 0 Å². The number of hydrogen-bond donors (Lipinski definition) is 2. The fraction of sp³-hybridized carbons (Fsp3) is 0.357. The molecule has 0 aliphatic heterocycles. The first-order valence-corrected chi connectivity index (χ1v) is 7.72. The van der Waals surface area contributed by atoms with E-state index < -0.39 is 0 Å². The Balaban J connectivity index is 1.45. The predicted octanol–water partition coefficient (Wildman–Crippen LogP) is 1.72. The van der Waals surface area contributed by atoms with Crippen LogP contribution in [0.5, 0.6) is 0 Å². The molecule has 6 nitrogen and oxygen atoms in total. The molecule has 1 aliphatic carbocycles. The number of aromatic nitrogens is 2. The molecule has 110 valence electrons. The fourth-order valence-electron chi connectivity index (χ4n) is 1.95. The number of carbonyl (C=O) groups excluding carboxylic acids is 2. The van der Waals surface area contributed by atoms with Crippen LogP contribution in [0.2, 0.25) is 0 Å². The van der Waals surface area contributed by atoms with Crippen LogP contribution in [0.3, 0.4) is 0 Å². The Hall–Kier alpha value is -2.15. The Morgan fingerprint density at radius 3 is 3.00 bits per heavy atom. The van der Waals surface area contributed by atoms with E-state index in [1.165, 1.54) is 24.2 Å². The van der Waals surface area contributed by atoms with Crippen LogP contribution in [0.15, 0.2) is 29.9 Å². The maximum Gasteiger partial charge on any atom is 0.261 e. The number of rotatable bonds is 6. The molecule has 0 bridgehead atoms. The largest absolute Gasteiger partial charge is 0.342 e. The zero-order valence-electron chi connectivity index (χ0n) is 11.4. The second-order valence-corrected chi connectivity index (χ2v) is 6.05. The highest BCUT2D eigenvalue weighted by Crippen LogP contribution is 2.30. The SMILES string of the molecule is O=C(CNC(=O)c1cccs1)Nc1cnn(CC2CC2)c1. The molecule has 0 aromatic carbocycles. The summed E-state index contributed by atoms with van der Waals surface area (Å²) in [5, 5.41) is 11.3. The van der Waals surface area contributed by atoms with Crippen LogP contribution in [0, 0.1) is 5.92 Å². The summed E-state index contributed by atoms with van der Waals surface area (Å²) in [6.07, 6.45) is 5.96. The maximum absolute atomic E-state index is 11.8. The zero-order valence-corrected chi connectivity index (χ0v) is 12.2. The summed E-state index contributed by atoms with van der Waals surface area (Å²) in [5.41, 5.74) is 0.658. The summed E-state index contributed by atoms with van der Waals surface area (Å²) in [6, 6.07) is 3.52. The molecular weight excluding hydrogens is 288 g/mol. The van der Waals surface area contributed by atoms with E-state index in [-0.39, 0.29) is 18.4 Å². The van der Waals surface area contributed by atoms with E-state index in [2.05, 4.69) is 15.7 Å². The van der Waals surface area contributed by atoms with E-state index in [1.54, 1.807) is 18.3 Å². The Labute approximate surface area is 126 Å². The first-order chi connectivity index (χ1) is 10.2. The van der Waals surface area contributed by atoms with Gasteiger partial charge in [-0.05, 0) is 30.2 Å². The molecule has 3 rings (SSSR count). The summed E-state index contributed by atoms with van der Waals surface area (Å²) in [5.74, 6) is 0.244. The van der Waals surface area contributed by atoms with Crippen molar-refractivity contribution in [3.8, 4) is 0 Å². The van der Waals surface area contributed by atoms with Crippen molar-refractivity contribution in [2.24, 2.45) is 5.92 Å². The summed E-state index contributed by atoms with van der Waals surface area (Å²) < 4.78 is 1.84. The Bertz CT molecular complexity index is 631. The number of thiophene rings is 1. The molecule has 0 spiro atoms. The average molecular weight is 304 g/mol. The van der Waals surface area contributed by atoms with Crippen LogP contribution >= 0.6 is 11.3 Å². The van der Waals surface area contributed by atoms with Gasteiger partial charge in [0.15, 0.2) is 0 Å². The van der Waals surface area contributed by atoms with Crippen molar-refractivity contribution < 1.29 is 9.59 Å². The van der Waals surface area contributed by atoms with Gasteiger partial charge in [-0.3, -0.25) is 14.3 Å². The first-order valence-electron chi connectivity index (χ1n) is 6.85. The molecule has 1 fully saturated rings. The van der Waals surface area contributed by atoms with Gasteiger partial charge in [-0.2, -0.15) is 5.10 Å². The molecule has 2 aromatic heterocycles. The molecule has 0 atom stereocenters. The quantitative estimate of drug-likeness (QED) is 0.853. The molecule has 7 heteroatoms. The van der Waals surface area contributed by atoms with E-state index in [4.69, 9.17) is 0 Å². The van der Waals surface area contributed by atoms with E-state index in [9.17, 15) is 9.59 Å². The van der Waals surface area contributed by atoms with Crippen LogP contribution in [-0.4, -0.2) is 28.1 Å². The molecule has 2 N–H and O–H groups in total. The molecule has 2 aromatic rings. The van der Waals surface area contributed by atoms with Crippen molar-refractivity contribution in [2.75, 3.05) is 11.9 Å². The molecule has 2 amide bonds. The molecular formula is C14H16N4O2S. The van der Waals surface area contributed by atoms with Crippen molar-refractivity contribution in [3.63, 3.8) is 0 Å². The lowest BCUT2D eigenvalue weighted by Crippen LogP contribution is -2.32. The van der Waals surface area contributed by atoms with Gasteiger partial charge in [0.2, 0.25) is 5.91 Å². The minimum Gasteiger partial charge on any atom is -0.342 e. The van der Waals surface area contributed by atoms with Crippen molar-refractivity contribution in [2.45, 2.75) is 19.4 Å². The third-order valence-corrected chi connectivity index (χ3v) is 4.08. The zero-order chi connectivity index (χ0) is 14.7. The minimum atomic E-state index is -0.258. The van der Waals surface area contributed by atoms with E-state index >= 15 is 0 Å². The number of nitrogens with one attached hydrogen (secondary N) is 2. The van der Waals surface area contributed by atoms with Gasteiger partial charge in [0, 0.05) is 12.7 Å². The van der Waals surface area contributed by atoms with Crippen LogP contribution in [0.25, 0.3) is 0 Å². The lowest BCUT2D eigenvalue weighted by atomic mass is 10.4. The third-order valence-electron chi connectivity index (χ3n) is 3.21. The van der Waals surface area contributed by atoms with Gasteiger partial charge in [-0.15, -0.1) is 11.3 Å². The number of anilines is 1. The van der Waals surface area contributed by atoms with Crippen LogP contribution in [-0.2, 0) is 11.3 Å². The third kappa shape index (κ3) is 3.91. The van der Waals surface area contributed by atoms with Crippen molar-refractivity contribution >= 4 is 28.8 Å². The molecule has 21 heavy (non-hydrogen) atoms. The molecule has 0 radical (unpaired) electrons. The van der Waals surface area contributed by atoms with Gasteiger partial charge < -0.3 is 10.6 Å². The minimum absolute atomic E-state index is 0.0511. The van der Waals surface area contributed by atoms with Crippen molar-refractivity contribution in [1.29, 1.82) is 0 Å². The summed E-state index contributed by atoms with van der Waals surface area (Å²) in [6.45, 7) is 0.857. The molecule has 1 saturated carbocycles. The second kappa shape index (κ2) is 6.09. The molecule has 1 aliphatic rings. The van der Waals surface area contributed by atoms with Crippen molar-refractivity contribution in [1.82, 2.24) is 15.1 Å². The molecule has 2 heterocycles. The number of amides is 2. The standard InChI is InChI=1S/C14H16N4O2S/c19-13(7-15-14(20)12-2-1-5-21-12)17-11-6-16-18(9-11)8-10-3-4-10/h1-2,5-6,9-10H,3-4,7-8H2,(H,15,20)(H,17,19). The van der Waals surface area contributed by atoms with Crippen LogP contribution in [0.4, 0.5) is 5.69 Å². The lowest BCUT2D eigenvalue weighted by Gasteiger charge is -2.04. The van der Waals surface area contributed by atoms with Crippen molar-refractivity contribution in [3.05, 3.63) is 34.8 Å². The number of nitrogens with zero attached hydrogens (tertiary/aromatic N) is 2. The smallest absolute Gasteiger partial charge is 0.261 e. The van der Waals surface area contributed by atoms with Crippen LogP contribution in [0.1, 0.15) is 22.5 Å². The number of carbonyl (C=O) groups is 2. The highest BCUT2D eigenvalue weighted by Gasteiger charge is 2.22. The first kappa shape index (κ1) is 13.8. The Morgan fingerprint density at radius 2 is 2.29 bits per heavy atom. The Kier molecular flexibility index (Phi) is 4.01. The monoisotopic (exact) mass is 304 g/mol. The van der Waals surface area contributed by atoms with Gasteiger partial charge in [-0.1, -0.05) is 6.07 Å². The fourth-order valence-corrected chi connectivity index (χ4v) is 2.59. The van der Waals surface area contributed by atoms with E-state index in [0.29, 0.717) is 10.6 Å². The van der Waals surface area contributed by atoms with Gasteiger partial charge in [0.25, 0.3) is 5.91 Å². The summed E-state index contributed by atoms with van der Waals surface area (Å²) >= 11 is 1.34. The highest BCUT2D eigenvalue weighted by molar-refractivity contribution is 7.12. The second-order valence-electron chi connectivity index (χ2n) is 5.10. The van der Waals surface area contributed by atoms with Crippen LogP contribution < -0.4 is 10.6 Å². The summed E-state index contributed by atoms with van der Waals surface area (Å²) in [7, 11) is 0. The average Bonchev–Trinajstić information content (AvgIpc) is 2.93. The lowest BCUT2D eigenvalue weighted by molar-refractivity contribution is -0.115. The number of hydrogen-bond acceptors (Lipinski definition) is 4.